The van der Waals surface area contributed by atoms with Crippen LogP contribution < -0.4 is 16.2 Å². The van der Waals surface area contributed by atoms with Crippen LogP contribution in [0.5, 0.6) is 0 Å². The summed E-state index contributed by atoms with van der Waals surface area (Å²) in [6.07, 6.45) is 9.99. The predicted octanol–water partition coefficient (Wildman–Crippen LogP) is 6.24. The van der Waals surface area contributed by atoms with Crippen molar-refractivity contribution in [3.63, 3.8) is 0 Å². The summed E-state index contributed by atoms with van der Waals surface area (Å²) >= 11 is 0. The van der Waals surface area contributed by atoms with Gasteiger partial charge in [0.25, 0.3) is 17.4 Å². The van der Waals surface area contributed by atoms with Crippen molar-refractivity contribution in [3.8, 4) is 0 Å². The second-order valence-corrected chi connectivity index (χ2v) is 19.4. The number of rotatable bonds is 12. The number of halogens is 2. The van der Waals surface area contributed by atoms with E-state index in [-0.39, 0.29) is 59.1 Å². The average molecular weight is 995 g/mol. The van der Waals surface area contributed by atoms with Gasteiger partial charge < -0.3 is 34.9 Å². The summed E-state index contributed by atoms with van der Waals surface area (Å²) in [4.78, 5) is 82.6. The van der Waals surface area contributed by atoms with Gasteiger partial charge in [0.2, 0.25) is 11.8 Å². The molecule has 9 rings (SSSR count). The molecule has 1 aromatic heterocycles. The van der Waals surface area contributed by atoms with Crippen LogP contribution in [0.2, 0.25) is 0 Å². The number of aromatic amines is 1. The first-order valence-electron chi connectivity index (χ1n) is 26.2. The quantitative estimate of drug-likeness (QED) is 0.147. The van der Waals surface area contributed by atoms with E-state index in [0.29, 0.717) is 92.7 Å². The van der Waals surface area contributed by atoms with Crippen LogP contribution in [0.4, 0.5) is 8.78 Å². The molecule has 4 aliphatic heterocycles. The molecule has 5 heterocycles. The zero-order valence-corrected chi connectivity index (χ0v) is 42.0. The first-order chi connectivity index (χ1) is 35.1. The maximum atomic E-state index is 15.9. The van der Waals surface area contributed by atoms with Gasteiger partial charge in [0, 0.05) is 70.7 Å². The molecule has 72 heavy (non-hydrogen) atoms. The molecule has 4 aromatic rings. The van der Waals surface area contributed by atoms with Gasteiger partial charge in [0.05, 0.1) is 41.0 Å². The number of likely N-dealkylation sites (tertiary alicyclic amines) is 2. The third-order valence-corrected chi connectivity index (χ3v) is 15.0. The Labute approximate surface area is 421 Å². The summed E-state index contributed by atoms with van der Waals surface area (Å²) in [5.74, 6) is -2.11. The van der Waals surface area contributed by atoms with Crippen LogP contribution in [-0.4, -0.2) is 150 Å². The summed E-state index contributed by atoms with van der Waals surface area (Å²) in [6.45, 7) is 11.7. The van der Waals surface area contributed by atoms with Gasteiger partial charge >= 0.3 is 0 Å². The minimum absolute atomic E-state index is 0.000634. The first kappa shape index (κ1) is 53.9. The van der Waals surface area contributed by atoms with Crippen molar-refractivity contribution in [1.82, 2.24) is 40.4 Å². The fraction of sp³-hybridized carbons (Fsp3) is 0.545. The van der Waals surface area contributed by atoms with Crippen LogP contribution in [0.15, 0.2) is 65.5 Å². The van der Waals surface area contributed by atoms with E-state index in [9.17, 15) is 24.0 Å². The Kier molecular flexibility index (Phi) is 19.6. The van der Waals surface area contributed by atoms with Crippen LogP contribution in [0, 0.1) is 17.6 Å². The second-order valence-electron chi connectivity index (χ2n) is 19.4. The number of ether oxygens (including phenoxy) is 1. The standard InChI is InChI=1S/C52H64F2N8O6.C2H6.CH2O/c53-44-16-15-34(31-45-40-11-4-5-12-41(40)50(65)58-57-45)30-43(44)51(66)62-28-26-60(27-29-62)46(63)33-59-22-17-37(18-23-59)68-38-19-24-61(25-20-38)52(67)48(35-8-2-1-3-9-35)56-49(64)42-14-6-13-39(47(42)54)36-10-7-21-55-32-36;2*1-2/h4-6,11-16,30,35-38,48,55H,1-3,7-10,17-29,31-33H2,(H,56,64)(H,58,65);1-2H3;1H2. The Hall–Kier alpha value is -5.91. The number of hydrogen-bond acceptors (Lipinski definition) is 10. The van der Waals surface area contributed by atoms with Gasteiger partial charge in [0.15, 0.2) is 0 Å². The van der Waals surface area contributed by atoms with Crippen LogP contribution >= 0.6 is 0 Å². The molecule has 5 fully saturated rings. The molecule has 17 heteroatoms. The molecule has 1 aliphatic carbocycles. The molecule has 4 saturated heterocycles. The summed E-state index contributed by atoms with van der Waals surface area (Å²) in [5, 5.41) is 14.3. The maximum Gasteiger partial charge on any atom is 0.272 e. The number of piperidine rings is 3. The zero-order chi connectivity index (χ0) is 51.1. The number of carbonyl (C=O) groups excluding carboxylic acids is 5. The van der Waals surface area contributed by atoms with Gasteiger partial charge in [-0.15, -0.1) is 0 Å². The van der Waals surface area contributed by atoms with E-state index < -0.39 is 29.5 Å². The number of benzene rings is 3. The lowest BCUT2D eigenvalue weighted by Crippen LogP contribution is -2.55. The molecule has 0 radical (unpaired) electrons. The van der Waals surface area contributed by atoms with Crippen molar-refractivity contribution < 1.29 is 37.5 Å². The van der Waals surface area contributed by atoms with E-state index in [1.165, 1.54) is 12.1 Å². The maximum absolute atomic E-state index is 15.9. The van der Waals surface area contributed by atoms with Gasteiger partial charge in [0.1, 0.15) is 24.5 Å². The van der Waals surface area contributed by atoms with E-state index in [2.05, 4.69) is 25.7 Å². The number of nitrogens with one attached hydrogen (secondary N) is 3. The fourth-order valence-electron chi connectivity index (χ4n) is 11.1. The van der Waals surface area contributed by atoms with Crippen molar-refractivity contribution in [2.45, 2.75) is 115 Å². The van der Waals surface area contributed by atoms with E-state index in [4.69, 9.17) is 9.53 Å². The molecular weight excluding hydrogens is 923 g/mol. The fourth-order valence-corrected chi connectivity index (χ4v) is 11.1. The largest absolute Gasteiger partial charge is 0.375 e. The summed E-state index contributed by atoms with van der Waals surface area (Å²) in [5.41, 5.74) is 1.54. The Bertz CT molecular complexity index is 2530. The van der Waals surface area contributed by atoms with E-state index >= 15 is 8.78 Å². The first-order valence-corrected chi connectivity index (χ1v) is 26.2. The minimum atomic E-state index is -0.702. The number of hydrogen-bond donors (Lipinski definition) is 3. The number of amides is 4. The molecule has 0 bridgehead atoms. The lowest BCUT2D eigenvalue weighted by Gasteiger charge is -2.40. The smallest absolute Gasteiger partial charge is 0.272 e. The molecule has 3 aromatic carbocycles. The average Bonchev–Trinajstić information content (AvgIpc) is 3.43. The number of piperazine rings is 1. The molecule has 2 atom stereocenters. The minimum Gasteiger partial charge on any atom is -0.375 e. The highest BCUT2D eigenvalue weighted by Crippen LogP contribution is 2.31. The zero-order valence-electron chi connectivity index (χ0n) is 42.0. The normalized spacial score (nSPS) is 19.9. The number of nitrogens with zero attached hydrogens (tertiary/aromatic N) is 5. The van der Waals surface area contributed by atoms with Gasteiger partial charge in [-0.1, -0.05) is 69.5 Å². The summed E-state index contributed by atoms with van der Waals surface area (Å²) < 4.78 is 37.5. The van der Waals surface area contributed by atoms with Crippen LogP contribution in [-0.2, 0) is 25.5 Å². The number of carbonyl (C=O) groups is 5. The molecule has 5 aliphatic rings. The Morgan fingerprint density at radius 2 is 1.42 bits per heavy atom. The van der Waals surface area contributed by atoms with Crippen molar-refractivity contribution in [3.05, 3.63) is 111 Å². The Morgan fingerprint density at radius 3 is 2.10 bits per heavy atom. The summed E-state index contributed by atoms with van der Waals surface area (Å²) in [6, 6.07) is 15.9. The van der Waals surface area contributed by atoms with Crippen LogP contribution in [0.3, 0.4) is 0 Å². The molecule has 388 valence electrons. The monoisotopic (exact) mass is 995 g/mol. The highest BCUT2D eigenvalue weighted by atomic mass is 19.1. The van der Waals surface area contributed by atoms with E-state index in [1.54, 1.807) is 46.2 Å². The van der Waals surface area contributed by atoms with Gasteiger partial charge in [-0.25, -0.2) is 13.9 Å². The Morgan fingerprint density at radius 1 is 0.750 bits per heavy atom. The van der Waals surface area contributed by atoms with Crippen molar-refractivity contribution >= 4 is 41.2 Å². The van der Waals surface area contributed by atoms with Crippen molar-refractivity contribution in [1.29, 1.82) is 0 Å². The molecule has 4 amide bonds. The van der Waals surface area contributed by atoms with Crippen molar-refractivity contribution in [2.75, 3.05) is 72.0 Å². The molecule has 1 saturated carbocycles. The number of fused-ring (bicyclic) bond motifs is 1. The SMILES string of the molecule is C=O.CC.O=C(NC(C(=O)N1CCC(OC2CCN(CC(=O)N3CCN(C(=O)c4cc(Cc5n[nH]c(=O)c6ccccc56)ccc4F)CC3)CC2)CC1)C1CCCCC1)c1cccc(C2CCCNC2)c1F. The number of aromatic nitrogens is 2. The topological polar surface area (TPSA) is 177 Å². The van der Waals surface area contributed by atoms with Gasteiger partial charge in [-0.05, 0) is 105 Å². The molecular formula is C55H72F2N8O7. The van der Waals surface area contributed by atoms with Gasteiger partial charge in [-0.2, -0.15) is 5.10 Å². The highest BCUT2D eigenvalue weighted by Gasteiger charge is 2.37. The van der Waals surface area contributed by atoms with Crippen LogP contribution in [0.1, 0.15) is 128 Å². The third kappa shape index (κ3) is 13.2. The Balaban J connectivity index is 0.00000186. The van der Waals surface area contributed by atoms with Crippen molar-refractivity contribution in [2.24, 2.45) is 5.92 Å². The third-order valence-electron chi connectivity index (χ3n) is 15.0. The lowest BCUT2D eigenvalue weighted by atomic mass is 9.83. The summed E-state index contributed by atoms with van der Waals surface area (Å²) in [7, 11) is 0. The second kappa shape index (κ2) is 26.2. The predicted molar refractivity (Wildman–Crippen MR) is 272 cm³/mol. The highest BCUT2D eigenvalue weighted by molar-refractivity contribution is 5.98. The van der Waals surface area contributed by atoms with Crippen LogP contribution in [0.25, 0.3) is 10.8 Å². The van der Waals surface area contributed by atoms with E-state index in [0.717, 1.165) is 77.4 Å². The van der Waals surface area contributed by atoms with E-state index in [1.807, 2.05) is 37.7 Å². The molecule has 3 N–H and O–H groups in total. The molecule has 0 spiro atoms. The molecule has 15 nitrogen and oxygen atoms in total. The lowest BCUT2D eigenvalue weighted by molar-refractivity contribution is -0.140. The number of H-pyrrole nitrogens is 1. The van der Waals surface area contributed by atoms with Gasteiger partial charge in [-0.3, -0.25) is 28.9 Å². The molecule has 2 unspecified atom stereocenters.